The van der Waals surface area contributed by atoms with Crippen LogP contribution in [0.3, 0.4) is 0 Å². The zero-order valence-electron chi connectivity index (χ0n) is 21.3. The first-order valence-electron chi connectivity index (χ1n) is 9.83. The molecule has 168 valence electrons. The van der Waals surface area contributed by atoms with Gasteiger partial charge in [0.2, 0.25) is 0 Å². The largest absolute Gasteiger partial charge is 0.306 e. The quantitative estimate of drug-likeness (QED) is 0.244. The van der Waals surface area contributed by atoms with Gasteiger partial charge in [-0.15, -0.1) is 26.7 Å². The van der Waals surface area contributed by atoms with E-state index in [1.807, 2.05) is 60.5 Å². The van der Waals surface area contributed by atoms with Gasteiger partial charge in [0, 0.05) is 45.5 Å². The Morgan fingerprint density at radius 1 is 0.724 bits per heavy atom. The molecule has 0 amide bonds. The molecule has 3 nitrogen and oxygen atoms in total. The first-order valence-corrected chi connectivity index (χ1v) is 9.83. The summed E-state index contributed by atoms with van der Waals surface area (Å²) < 4.78 is 0. The summed E-state index contributed by atoms with van der Waals surface area (Å²) in [4.78, 5) is 6.19. The molecule has 0 aromatic heterocycles. The molecule has 1 aliphatic carbocycles. The van der Waals surface area contributed by atoms with E-state index in [2.05, 4.69) is 75.1 Å². The van der Waals surface area contributed by atoms with Crippen LogP contribution in [0.1, 0.15) is 34.6 Å². The van der Waals surface area contributed by atoms with Crippen molar-refractivity contribution in [3.63, 3.8) is 0 Å². The SMILES string of the molecule is C=CCN(C)C.C=CCN(C)C.C=CCN(C)C.CC1=[C-]C(C)(C)C(C)=C1C.[Hf]. The van der Waals surface area contributed by atoms with Gasteiger partial charge in [0.25, 0.3) is 0 Å². The zero-order chi connectivity index (χ0) is 22.9. The van der Waals surface area contributed by atoms with Crippen LogP contribution in [-0.2, 0) is 25.8 Å². The molecule has 0 aromatic carbocycles. The van der Waals surface area contributed by atoms with Crippen molar-refractivity contribution in [2.45, 2.75) is 34.6 Å². The van der Waals surface area contributed by atoms with E-state index in [1.54, 1.807) is 0 Å². The van der Waals surface area contributed by atoms with Crippen LogP contribution in [0, 0.1) is 11.5 Å². The standard InChI is InChI=1S/C10H15.3C5H11N.Hf/c1-7-6-10(4,5)9(3)8(7)2;3*1-4-5-6(2)3;/h1-5H3;3*4H,1,5H2,2-3H3;/q-1;;;;. The van der Waals surface area contributed by atoms with Crippen molar-refractivity contribution >= 4 is 0 Å². The fourth-order valence-electron chi connectivity index (χ4n) is 2.18. The fourth-order valence-corrected chi connectivity index (χ4v) is 2.18. The number of hydrogen-bond donors (Lipinski definition) is 0. The van der Waals surface area contributed by atoms with Crippen molar-refractivity contribution in [3.8, 4) is 0 Å². The number of nitrogens with zero attached hydrogens (tertiary/aromatic N) is 3. The van der Waals surface area contributed by atoms with Crippen molar-refractivity contribution in [1.82, 2.24) is 14.7 Å². The van der Waals surface area contributed by atoms with Crippen molar-refractivity contribution in [1.29, 1.82) is 0 Å². The predicted octanol–water partition coefficient (Wildman–Crippen LogP) is 5.31. The Morgan fingerprint density at radius 3 is 1.03 bits per heavy atom. The molecule has 0 spiro atoms. The van der Waals surface area contributed by atoms with E-state index in [4.69, 9.17) is 0 Å². The number of rotatable bonds is 6. The molecular weight excluding hydrogens is 521 g/mol. The van der Waals surface area contributed by atoms with Crippen LogP contribution in [0.2, 0.25) is 0 Å². The third-order valence-electron chi connectivity index (χ3n) is 4.05. The molecule has 4 heteroatoms. The summed E-state index contributed by atoms with van der Waals surface area (Å²) in [7, 11) is 12.1. The molecule has 0 atom stereocenters. The van der Waals surface area contributed by atoms with Crippen molar-refractivity contribution in [2.75, 3.05) is 61.9 Å². The van der Waals surface area contributed by atoms with Crippen LogP contribution < -0.4 is 0 Å². The molecule has 1 aliphatic rings. The van der Waals surface area contributed by atoms with Crippen LogP contribution >= 0.6 is 0 Å². The van der Waals surface area contributed by atoms with Crippen molar-refractivity contribution in [2.24, 2.45) is 5.41 Å². The van der Waals surface area contributed by atoms with Crippen LogP contribution in [0.4, 0.5) is 0 Å². The smallest absolute Gasteiger partial charge is 0.0154 e. The minimum Gasteiger partial charge on any atom is -0.306 e. The Bertz CT molecular complexity index is 465. The molecule has 0 saturated carbocycles. The van der Waals surface area contributed by atoms with Crippen molar-refractivity contribution in [3.05, 3.63) is 60.8 Å². The van der Waals surface area contributed by atoms with Crippen LogP contribution in [-0.4, -0.2) is 76.6 Å². The fraction of sp³-hybridized carbons (Fsp3) is 0.600. The predicted molar refractivity (Wildman–Crippen MR) is 131 cm³/mol. The number of allylic oxidation sites excluding steroid dienone is 4. The summed E-state index contributed by atoms with van der Waals surface area (Å²) in [6.45, 7) is 24.5. The molecule has 1 rings (SSSR count). The Kier molecular flexibility index (Phi) is 25.6. The molecule has 0 bridgehead atoms. The van der Waals surface area contributed by atoms with Gasteiger partial charge in [-0.1, -0.05) is 51.3 Å². The third-order valence-corrected chi connectivity index (χ3v) is 4.05. The molecule has 29 heavy (non-hydrogen) atoms. The monoisotopic (exact) mass is 570 g/mol. The molecule has 0 unspecified atom stereocenters. The van der Waals surface area contributed by atoms with Crippen molar-refractivity contribution < 1.29 is 25.8 Å². The summed E-state index contributed by atoms with van der Waals surface area (Å²) in [5.41, 5.74) is 4.39. The van der Waals surface area contributed by atoms with Gasteiger partial charge in [-0.05, 0) is 42.3 Å². The van der Waals surface area contributed by atoms with Gasteiger partial charge in [0.1, 0.15) is 0 Å². The Morgan fingerprint density at radius 2 is 1.00 bits per heavy atom. The maximum absolute atomic E-state index is 3.56. The molecule has 0 aromatic rings. The molecular formula is C25H48HfN3-. The maximum atomic E-state index is 3.56. The zero-order valence-corrected chi connectivity index (χ0v) is 24.9. The minimum atomic E-state index is 0. The van der Waals surface area contributed by atoms with E-state index in [-0.39, 0.29) is 31.3 Å². The van der Waals surface area contributed by atoms with Gasteiger partial charge < -0.3 is 14.7 Å². The third kappa shape index (κ3) is 23.6. The molecule has 0 aliphatic heterocycles. The number of likely N-dealkylation sites (N-methyl/N-ethyl adjacent to an activating group) is 3. The van der Waals surface area contributed by atoms with Gasteiger partial charge in [-0.2, -0.15) is 11.1 Å². The second kappa shape index (κ2) is 20.7. The van der Waals surface area contributed by atoms with Crippen LogP contribution in [0.25, 0.3) is 0 Å². The number of hydrogen-bond acceptors (Lipinski definition) is 3. The first-order chi connectivity index (χ1) is 12.8. The van der Waals surface area contributed by atoms with E-state index in [0.29, 0.717) is 0 Å². The Balaban J connectivity index is -0.000000147. The first kappa shape index (κ1) is 35.9. The van der Waals surface area contributed by atoms with Crippen LogP contribution in [0.15, 0.2) is 54.7 Å². The van der Waals surface area contributed by atoms with Gasteiger partial charge in [-0.25, -0.2) is 5.57 Å². The molecule has 0 fully saturated rings. The molecule has 0 radical (unpaired) electrons. The van der Waals surface area contributed by atoms with Gasteiger partial charge in [0.05, 0.1) is 0 Å². The van der Waals surface area contributed by atoms with E-state index in [1.165, 1.54) is 16.7 Å². The van der Waals surface area contributed by atoms with E-state index >= 15 is 0 Å². The molecule has 0 N–H and O–H groups in total. The summed E-state index contributed by atoms with van der Waals surface area (Å²) in [6, 6.07) is 0. The summed E-state index contributed by atoms with van der Waals surface area (Å²) in [5.74, 6) is 0. The van der Waals surface area contributed by atoms with E-state index in [0.717, 1.165) is 19.6 Å². The average molecular weight is 569 g/mol. The Hall–Kier alpha value is -0.550. The molecule has 0 heterocycles. The molecule has 0 saturated heterocycles. The summed E-state index contributed by atoms with van der Waals surface area (Å²) in [5, 5.41) is 0. The maximum Gasteiger partial charge on any atom is 0.0154 e. The van der Waals surface area contributed by atoms with Crippen LogP contribution in [0.5, 0.6) is 0 Å². The minimum absolute atomic E-state index is 0. The van der Waals surface area contributed by atoms with Gasteiger partial charge in [0.15, 0.2) is 0 Å². The summed E-state index contributed by atoms with van der Waals surface area (Å²) in [6.07, 6.45) is 9.06. The van der Waals surface area contributed by atoms with E-state index in [9.17, 15) is 0 Å². The van der Waals surface area contributed by atoms with Gasteiger partial charge >= 0.3 is 0 Å². The van der Waals surface area contributed by atoms with E-state index < -0.39 is 0 Å². The average Bonchev–Trinajstić information content (AvgIpc) is 2.71. The second-order valence-electron chi connectivity index (χ2n) is 8.28. The Labute approximate surface area is 202 Å². The van der Waals surface area contributed by atoms with Gasteiger partial charge in [-0.3, -0.25) is 6.08 Å². The topological polar surface area (TPSA) is 9.72 Å². The second-order valence-corrected chi connectivity index (χ2v) is 8.28. The summed E-state index contributed by atoms with van der Waals surface area (Å²) >= 11 is 0. The normalized spacial score (nSPS) is 13.8.